The van der Waals surface area contributed by atoms with Crippen molar-refractivity contribution in [2.24, 2.45) is 0 Å². The summed E-state index contributed by atoms with van der Waals surface area (Å²) in [5, 5.41) is 0. The summed E-state index contributed by atoms with van der Waals surface area (Å²) in [5.74, 6) is -2.60. The molecule has 0 aliphatic heterocycles. The standard InChI is InChI=1S/C9H27Cl5Si6/c1-15(2,3)18(10,11)20(14,17(7,8)9)19(12,13)16(4,5)6/h1-9H3. The van der Waals surface area contributed by atoms with E-state index in [0.717, 1.165) is 0 Å². The Hall–Kier alpha value is 2.75. The third-order valence-corrected chi connectivity index (χ3v) is 149. The van der Waals surface area contributed by atoms with Crippen molar-refractivity contribution in [3.63, 3.8) is 0 Å². The van der Waals surface area contributed by atoms with Crippen molar-refractivity contribution in [2.45, 2.75) is 58.9 Å². The third-order valence-electron chi connectivity index (χ3n) is 3.78. The van der Waals surface area contributed by atoms with Crippen LogP contribution in [0, 0.1) is 0 Å². The summed E-state index contributed by atoms with van der Waals surface area (Å²) in [6.07, 6.45) is 0. The van der Waals surface area contributed by atoms with Crippen molar-refractivity contribution in [1.82, 2.24) is 0 Å². The zero-order chi connectivity index (χ0) is 17.0. The molecule has 0 amide bonds. The van der Waals surface area contributed by atoms with Crippen LogP contribution >= 0.6 is 55.4 Å². The fraction of sp³-hybridized carbons (Fsp3) is 1.00. The van der Waals surface area contributed by atoms with Crippen LogP contribution in [0.3, 0.4) is 0 Å². The highest BCUT2D eigenvalue weighted by molar-refractivity contribution is 8.30. The molecule has 0 aromatic carbocycles. The highest BCUT2D eigenvalue weighted by Gasteiger charge is 2.78. The third kappa shape index (κ3) is 3.55. The maximum Gasteiger partial charge on any atom is 0.241 e. The average Bonchev–Trinajstić information content (AvgIpc) is 2.10. The van der Waals surface area contributed by atoms with E-state index in [1.807, 2.05) is 0 Å². The first-order chi connectivity index (χ1) is 8.25. The lowest BCUT2D eigenvalue weighted by molar-refractivity contribution is 1.83. The lowest BCUT2D eigenvalue weighted by Gasteiger charge is -2.55. The second kappa shape index (κ2) is 6.24. The number of halogens is 5. The predicted molar refractivity (Wildman–Crippen MR) is 117 cm³/mol. The van der Waals surface area contributed by atoms with Gasteiger partial charge in [0.1, 0.15) is 0 Å². The zero-order valence-corrected chi connectivity index (χ0v) is 23.7. The first kappa shape index (κ1) is 22.8. The van der Waals surface area contributed by atoms with Gasteiger partial charge in [-0.3, -0.25) is 0 Å². The zero-order valence-electron chi connectivity index (χ0n) is 13.9. The average molecular weight is 481 g/mol. The Morgan fingerprint density at radius 3 is 0.700 bits per heavy atom. The van der Waals surface area contributed by atoms with E-state index in [0.29, 0.717) is 0 Å². The molecule has 0 spiro atoms. The van der Waals surface area contributed by atoms with E-state index in [-0.39, 0.29) is 0 Å². The van der Waals surface area contributed by atoms with Crippen molar-refractivity contribution in [3.05, 3.63) is 0 Å². The summed E-state index contributed by atoms with van der Waals surface area (Å²) in [6.45, 7) is 20.2. The molecule has 0 rings (SSSR count). The van der Waals surface area contributed by atoms with Gasteiger partial charge in [-0.1, -0.05) is 58.9 Å². The van der Waals surface area contributed by atoms with Crippen molar-refractivity contribution >= 4 is 95.6 Å². The number of rotatable bonds is 5. The van der Waals surface area contributed by atoms with Gasteiger partial charge >= 0.3 is 0 Å². The van der Waals surface area contributed by atoms with Crippen LogP contribution in [0.1, 0.15) is 0 Å². The van der Waals surface area contributed by atoms with Gasteiger partial charge in [0.2, 0.25) is 11.5 Å². The van der Waals surface area contributed by atoms with Gasteiger partial charge in [0.25, 0.3) is 0 Å². The monoisotopic (exact) mass is 478 g/mol. The molecule has 0 atom stereocenters. The van der Waals surface area contributed by atoms with Crippen molar-refractivity contribution in [2.75, 3.05) is 0 Å². The van der Waals surface area contributed by atoms with Gasteiger partial charge in [-0.2, -0.15) is 55.4 Å². The molecule has 0 fully saturated rings. The molecule has 0 N–H and O–H groups in total. The van der Waals surface area contributed by atoms with Crippen LogP contribution in [0.4, 0.5) is 0 Å². The molecular formula is C9H27Cl5Si6. The normalized spacial score (nSPS) is 16.5. The molecule has 0 aliphatic rings. The van der Waals surface area contributed by atoms with Gasteiger partial charge in [-0.25, -0.2) is 0 Å². The van der Waals surface area contributed by atoms with Crippen LogP contribution in [0.2, 0.25) is 58.9 Å². The van der Waals surface area contributed by atoms with E-state index < -0.39 is 40.2 Å². The summed E-state index contributed by atoms with van der Waals surface area (Å²) >= 11 is 35.9. The molecule has 0 aliphatic carbocycles. The van der Waals surface area contributed by atoms with Gasteiger partial charge in [0, 0.05) is 0 Å². The molecule has 0 bridgehead atoms. The Labute approximate surface area is 153 Å². The largest absolute Gasteiger partial charge is 0.241 e. The number of hydrogen-bond donors (Lipinski definition) is 0. The first-order valence-electron chi connectivity index (χ1n) is 6.69. The minimum atomic E-state index is -2.66. The van der Waals surface area contributed by atoms with E-state index in [2.05, 4.69) is 58.9 Å². The quantitative estimate of drug-likeness (QED) is 0.314. The van der Waals surface area contributed by atoms with E-state index in [1.165, 1.54) is 0 Å². The Balaban J connectivity index is 6.50. The SMILES string of the molecule is C[Si](C)(C)[Si](Cl)(Cl)[Si](Cl)([Si](C)(C)C)[Si](Cl)(Cl)[Si](C)(C)C. The van der Waals surface area contributed by atoms with Crippen LogP contribution in [-0.2, 0) is 0 Å². The summed E-state index contributed by atoms with van der Waals surface area (Å²) in [6, 6.07) is 0. The van der Waals surface area contributed by atoms with Crippen molar-refractivity contribution < 1.29 is 0 Å². The topological polar surface area (TPSA) is 0 Å². The van der Waals surface area contributed by atoms with Crippen LogP contribution in [-0.4, -0.2) is 40.2 Å². The lowest BCUT2D eigenvalue weighted by Crippen LogP contribution is -2.88. The molecule has 0 radical (unpaired) electrons. The minimum absolute atomic E-state index is 1.80. The Bertz CT molecular complexity index is 338. The van der Waals surface area contributed by atoms with Crippen LogP contribution in [0.15, 0.2) is 0 Å². The molecule has 0 saturated heterocycles. The molecule has 20 heavy (non-hydrogen) atoms. The van der Waals surface area contributed by atoms with Gasteiger partial charge in [-0.15, -0.1) is 0 Å². The summed E-state index contributed by atoms with van der Waals surface area (Å²) in [4.78, 5) is 0. The fourth-order valence-corrected chi connectivity index (χ4v) is 208. The maximum atomic E-state index is 7.43. The van der Waals surface area contributed by atoms with Crippen molar-refractivity contribution in [3.8, 4) is 0 Å². The summed E-state index contributed by atoms with van der Waals surface area (Å²) < 4.78 is 0. The first-order valence-corrected chi connectivity index (χ1v) is 33.3. The minimum Gasteiger partial charge on any atom is -0.172 e. The Kier molecular flexibility index (Phi) is 7.10. The van der Waals surface area contributed by atoms with E-state index >= 15 is 0 Å². The van der Waals surface area contributed by atoms with Gasteiger partial charge in [0.15, 0.2) is 5.94 Å². The maximum absolute atomic E-state index is 7.43. The second-order valence-electron chi connectivity index (χ2n) is 8.56. The lowest BCUT2D eigenvalue weighted by atomic mass is 11.8. The Morgan fingerprint density at radius 1 is 0.400 bits per heavy atom. The highest BCUT2D eigenvalue weighted by Crippen LogP contribution is 2.52. The molecule has 0 aromatic rings. The smallest absolute Gasteiger partial charge is 0.172 e. The van der Waals surface area contributed by atoms with Crippen LogP contribution < -0.4 is 0 Å². The second-order valence-corrected chi connectivity index (χ2v) is 82.5. The molecule has 0 nitrogen and oxygen atoms in total. The van der Waals surface area contributed by atoms with E-state index in [4.69, 9.17) is 55.4 Å². The van der Waals surface area contributed by atoms with Gasteiger partial charge < -0.3 is 0 Å². The molecule has 0 heterocycles. The molecule has 0 saturated carbocycles. The van der Waals surface area contributed by atoms with Gasteiger partial charge in [-0.05, 0) is 0 Å². The van der Waals surface area contributed by atoms with Crippen LogP contribution in [0.25, 0.3) is 0 Å². The van der Waals surface area contributed by atoms with Gasteiger partial charge in [0.05, 0.1) is 22.8 Å². The fourth-order valence-electron chi connectivity index (χ4n) is 2.17. The van der Waals surface area contributed by atoms with Crippen molar-refractivity contribution in [1.29, 1.82) is 0 Å². The molecular weight excluding hydrogens is 454 g/mol. The predicted octanol–water partition coefficient (Wildman–Crippen LogP) is 6.42. The molecule has 122 valence electrons. The highest BCUT2D eigenvalue weighted by atomic mass is 35.7. The number of hydrogen-bond acceptors (Lipinski definition) is 0. The molecule has 0 unspecified atom stereocenters. The van der Waals surface area contributed by atoms with E-state index in [1.54, 1.807) is 0 Å². The summed E-state index contributed by atoms with van der Waals surface area (Å²) in [7, 11) is -5.42. The molecule has 11 heteroatoms. The van der Waals surface area contributed by atoms with Crippen LogP contribution in [0.5, 0.6) is 0 Å². The Morgan fingerprint density at radius 2 is 0.600 bits per heavy atom. The van der Waals surface area contributed by atoms with E-state index in [9.17, 15) is 0 Å². The molecule has 0 aromatic heterocycles. The summed E-state index contributed by atoms with van der Waals surface area (Å²) in [5.41, 5.74) is -5.31.